The molecule has 5 nitrogen and oxygen atoms in total. The highest BCUT2D eigenvalue weighted by Crippen LogP contribution is 2.36. The molecule has 3 atom stereocenters. The Balaban J connectivity index is 1.81. The Morgan fingerprint density at radius 1 is 1.45 bits per heavy atom. The number of anilines is 1. The van der Waals surface area contributed by atoms with Crippen LogP contribution in [0.15, 0.2) is 12.3 Å². The van der Waals surface area contributed by atoms with Crippen molar-refractivity contribution in [2.75, 3.05) is 24.5 Å². The monoisotopic (exact) mass is 276 g/mol. The van der Waals surface area contributed by atoms with Crippen LogP contribution in [0.25, 0.3) is 0 Å². The van der Waals surface area contributed by atoms with Crippen molar-refractivity contribution >= 4 is 5.95 Å². The van der Waals surface area contributed by atoms with E-state index in [1.807, 2.05) is 19.9 Å². The standard InChI is InChI=1S/C15H24N4O/c1-4-13-12-8-16-7-11(12)9-19(13)15-17-6-5-14(18-15)20-10(2)3/h5-6,10-13,16H,4,7-9H2,1-3H3. The summed E-state index contributed by atoms with van der Waals surface area (Å²) in [6.07, 6.45) is 3.09. The fourth-order valence-corrected chi connectivity index (χ4v) is 3.55. The van der Waals surface area contributed by atoms with Gasteiger partial charge in [-0.1, -0.05) is 6.92 Å². The van der Waals surface area contributed by atoms with E-state index in [2.05, 4.69) is 27.1 Å². The van der Waals surface area contributed by atoms with Crippen LogP contribution >= 0.6 is 0 Å². The van der Waals surface area contributed by atoms with E-state index in [0.717, 1.165) is 43.8 Å². The van der Waals surface area contributed by atoms with Crippen molar-refractivity contribution in [2.24, 2.45) is 11.8 Å². The number of rotatable bonds is 4. The van der Waals surface area contributed by atoms with Gasteiger partial charge >= 0.3 is 0 Å². The molecular weight excluding hydrogens is 252 g/mol. The van der Waals surface area contributed by atoms with Gasteiger partial charge in [-0.2, -0.15) is 4.98 Å². The topological polar surface area (TPSA) is 50.3 Å². The lowest BCUT2D eigenvalue weighted by atomic mass is 9.93. The lowest BCUT2D eigenvalue weighted by Crippen LogP contribution is -2.36. The van der Waals surface area contributed by atoms with Crippen LogP contribution in [0.3, 0.4) is 0 Å². The van der Waals surface area contributed by atoms with Crippen molar-refractivity contribution in [1.82, 2.24) is 15.3 Å². The Labute approximate surface area is 120 Å². The minimum absolute atomic E-state index is 0.141. The summed E-state index contributed by atoms with van der Waals surface area (Å²) in [7, 11) is 0. The van der Waals surface area contributed by atoms with Gasteiger partial charge in [0.25, 0.3) is 0 Å². The summed E-state index contributed by atoms with van der Waals surface area (Å²) in [6.45, 7) is 9.60. The normalized spacial score (nSPS) is 29.0. The maximum Gasteiger partial charge on any atom is 0.228 e. The van der Waals surface area contributed by atoms with Crippen molar-refractivity contribution in [1.29, 1.82) is 0 Å². The predicted octanol–water partition coefficient (Wildman–Crippen LogP) is 1.70. The molecule has 0 radical (unpaired) electrons. The van der Waals surface area contributed by atoms with Gasteiger partial charge in [0.15, 0.2) is 0 Å². The average molecular weight is 276 g/mol. The zero-order valence-electron chi connectivity index (χ0n) is 12.5. The molecule has 0 amide bonds. The van der Waals surface area contributed by atoms with Crippen molar-refractivity contribution in [3.05, 3.63) is 12.3 Å². The first kappa shape index (κ1) is 13.6. The predicted molar refractivity (Wildman–Crippen MR) is 79.1 cm³/mol. The first-order valence-corrected chi connectivity index (χ1v) is 7.66. The van der Waals surface area contributed by atoms with Crippen LogP contribution in [0, 0.1) is 11.8 Å². The Bertz CT molecular complexity index is 465. The van der Waals surface area contributed by atoms with Gasteiger partial charge in [-0.15, -0.1) is 0 Å². The van der Waals surface area contributed by atoms with E-state index >= 15 is 0 Å². The zero-order chi connectivity index (χ0) is 14.1. The van der Waals surface area contributed by atoms with Gasteiger partial charge in [0, 0.05) is 37.9 Å². The van der Waals surface area contributed by atoms with Crippen LogP contribution in [0.2, 0.25) is 0 Å². The number of aromatic nitrogens is 2. The van der Waals surface area contributed by atoms with Gasteiger partial charge in [-0.05, 0) is 32.1 Å². The molecule has 20 heavy (non-hydrogen) atoms. The van der Waals surface area contributed by atoms with Gasteiger partial charge in [0.2, 0.25) is 11.8 Å². The average Bonchev–Trinajstić information content (AvgIpc) is 2.97. The summed E-state index contributed by atoms with van der Waals surface area (Å²) in [5, 5.41) is 3.51. The van der Waals surface area contributed by atoms with Gasteiger partial charge in [0.1, 0.15) is 0 Å². The lowest BCUT2D eigenvalue weighted by molar-refractivity contribution is 0.232. The first-order valence-electron chi connectivity index (χ1n) is 7.66. The van der Waals surface area contributed by atoms with E-state index in [-0.39, 0.29) is 6.10 Å². The zero-order valence-corrected chi connectivity index (χ0v) is 12.5. The fraction of sp³-hybridized carbons (Fsp3) is 0.733. The largest absolute Gasteiger partial charge is 0.475 e. The molecule has 0 aromatic carbocycles. The molecule has 0 aliphatic carbocycles. The van der Waals surface area contributed by atoms with Gasteiger partial charge in [-0.3, -0.25) is 0 Å². The van der Waals surface area contributed by atoms with Crippen LogP contribution in [-0.4, -0.2) is 41.7 Å². The highest BCUT2D eigenvalue weighted by Gasteiger charge is 2.44. The van der Waals surface area contributed by atoms with Gasteiger partial charge < -0.3 is 15.0 Å². The van der Waals surface area contributed by atoms with E-state index in [0.29, 0.717) is 11.9 Å². The molecule has 0 spiro atoms. The number of nitrogens with one attached hydrogen (secondary N) is 1. The van der Waals surface area contributed by atoms with Gasteiger partial charge in [-0.25, -0.2) is 4.98 Å². The highest BCUT2D eigenvalue weighted by molar-refractivity contribution is 5.37. The second kappa shape index (κ2) is 5.56. The van der Waals surface area contributed by atoms with Crippen LogP contribution in [0.4, 0.5) is 5.95 Å². The molecule has 3 heterocycles. The van der Waals surface area contributed by atoms with E-state index in [9.17, 15) is 0 Å². The Kier molecular flexibility index (Phi) is 3.78. The first-order chi connectivity index (χ1) is 9.69. The minimum Gasteiger partial charge on any atom is -0.475 e. The van der Waals surface area contributed by atoms with Crippen LogP contribution in [0.1, 0.15) is 27.2 Å². The van der Waals surface area contributed by atoms with Crippen LogP contribution in [-0.2, 0) is 0 Å². The Hall–Kier alpha value is -1.36. The molecule has 2 fully saturated rings. The summed E-state index contributed by atoms with van der Waals surface area (Å²) in [5.41, 5.74) is 0. The summed E-state index contributed by atoms with van der Waals surface area (Å²) < 4.78 is 5.69. The van der Waals surface area contributed by atoms with Crippen molar-refractivity contribution in [3.8, 4) is 5.88 Å². The third kappa shape index (κ3) is 2.46. The lowest BCUT2D eigenvalue weighted by Gasteiger charge is -2.27. The second-order valence-electron chi connectivity index (χ2n) is 6.07. The summed E-state index contributed by atoms with van der Waals surface area (Å²) in [5.74, 6) is 2.97. The second-order valence-corrected chi connectivity index (χ2v) is 6.07. The molecule has 1 aromatic rings. The maximum absolute atomic E-state index is 5.69. The quantitative estimate of drug-likeness (QED) is 0.907. The Morgan fingerprint density at radius 2 is 2.30 bits per heavy atom. The highest BCUT2D eigenvalue weighted by atomic mass is 16.5. The molecule has 0 bridgehead atoms. The van der Waals surface area contributed by atoms with Crippen molar-refractivity contribution < 1.29 is 4.74 Å². The summed E-state index contributed by atoms with van der Waals surface area (Å²) in [6, 6.07) is 2.38. The summed E-state index contributed by atoms with van der Waals surface area (Å²) in [4.78, 5) is 11.4. The molecule has 0 saturated carbocycles. The molecule has 2 aliphatic heterocycles. The van der Waals surface area contributed by atoms with Crippen LogP contribution in [0.5, 0.6) is 5.88 Å². The van der Waals surface area contributed by atoms with E-state index in [1.54, 1.807) is 6.20 Å². The minimum atomic E-state index is 0.141. The molecule has 110 valence electrons. The number of hydrogen-bond acceptors (Lipinski definition) is 5. The van der Waals surface area contributed by atoms with Crippen molar-refractivity contribution in [3.63, 3.8) is 0 Å². The number of fused-ring (bicyclic) bond motifs is 1. The maximum atomic E-state index is 5.69. The van der Waals surface area contributed by atoms with Crippen molar-refractivity contribution in [2.45, 2.75) is 39.3 Å². The number of ether oxygens (including phenoxy) is 1. The third-order valence-corrected chi connectivity index (χ3v) is 4.37. The van der Waals surface area contributed by atoms with Crippen LogP contribution < -0.4 is 15.0 Å². The molecule has 5 heteroatoms. The molecule has 2 aliphatic rings. The van der Waals surface area contributed by atoms with E-state index in [1.165, 1.54) is 0 Å². The molecule has 1 aromatic heterocycles. The molecule has 3 rings (SSSR count). The molecule has 1 N–H and O–H groups in total. The Morgan fingerprint density at radius 3 is 3.05 bits per heavy atom. The smallest absolute Gasteiger partial charge is 0.228 e. The van der Waals surface area contributed by atoms with E-state index < -0.39 is 0 Å². The van der Waals surface area contributed by atoms with Gasteiger partial charge in [0.05, 0.1) is 6.10 Å². The van der Waals surface area contributed by atoms with E-state index in [4.69, 9.17) is 4.74 Å². The molecule has 2 saturated heterocycles. The number of nitrogens with zero attached hydrogens (tertiary/aromatic N) is 3. The fourth-order valence-electron chi connectivity index (χ4n) is 3.55. The molecule has 3 unspecified atom stereocenters. The molecular formula is C15H24N4O. The number of hydrogen-bond donors (Lipinski definition) is 1. The SMILES string of the molecule is CCC1C2CNCC2CN1c1nccc(OC(C)C)n1. The summed E-state index contributed by atoms with van der Waals surface area (Å²) >= 11 is 0. The third-order valence-electron chi connectivity index (χ3n) is 4.37.